The van der Waals surface area contributed by atoms with Crippen molar-refractivity contribution in [1.29, 1.82) is 0 Å². The Morgan fingerprint density at radius 1 is 1.07 bits per heavy atom. The number of hydrogen-bond acceptors (Lipinski definition) is 7. The summed E-state index contributed by atoms with van der Waals surface area (Å²) in [5, 5.41) is 14.5. The zero-order chi connectivity index (χ0) is 19.9. The van der Waals surface area contributed by atoms with Crippen LogP contribution >= 0.6 is 0 Å². The number of aromatic nitrogens is 3. The van der Waals surface area contributed by atoms with Crippen molar-refractivity contribution in [2.45, 2.75) is 26.7 Å². The van der Waals surface area contributed by atoms with E-state index in [1.54, 1.807) is 37.4 Å². The molecule has 3 rings (SSSR count). The normalized spacial score (nSPS) is 10.6. The molecule has 28 heavy (non-hydrogen) atoms. The predicted molar refractivity (Wildman–Crippen MR) is 109 cm³/mol. The fourth-order valence-electron chi connectivity index (χ4n) is 2.70. The van der Waals surface area contributed by atoms with Gasteiger partial charge in [0.05, 0.1) is 18.4 Å². The van der Waals surface area contributed by atoms with Crippen molar-refractivity contribution in [3.63, 3.8) is 0 Å². The summed E-state index contributed by atoms with van der Waals surface area (Å²) in [5.74, 6) is 0.980. The van der Waals surface area contributed by atoms with Crippen molar-refractivity contribution in [2.75, 3.05) is 17.2 Å². The molecule has 0 spiro atoms. The smallest absolute Gasteiger partial charge is 0.338 e. The van der Waals surface area contributed by atoms with Crippen LogP contribution in [0, 0.1) is 0 Å². The van der Waals surface area contributed by atoms with Gasteiger partial charge in [0.25, 0.3) is 0 Å². The third-order valence-electron chi connectivity index (χ3n) is 4.06. The van der Waals surface area contributed by atoms with Gasteiger partial charge in [-0.2, -0.15) is 10.1 Å². The lowest BCUT2D eigenvalue weighted by molar-refractivity contribution is 0.0526. The number of para-hydroxylation sites is 1. The van der Waals surface area contributed by atoms with Crippen LogP contribution in [0.25, 0.3) is 0 Å². The maximum Gasteiger partial charge on any atom is 0.338 e. The Bertz CT molecular complexity index is 942. The Morgan fingerprint density at radius 2 is 1.82 bits per heavy atom. The molecule has 0 aliphatic heterocycles. The van der Waals surface area contributed by atoms with Crippen molar-refractivity contribution in [3.05, 3.63) is 65.9 Å². The first kappa shape index (κ1) is 19.3. The fraction of sp³-hybridized carbons (Fsp3) is 0.238. The zero-order valence-corrected chi connectivity index (χ0v) is 16.1. The lowest BCUT2D eigenvalue weighted by atomic mass is 10.0. The lowest BCUT2D eigenvalue weighted by Crippen LogP contribution is -2.05. The molecule has 0 atom stereocenters. The van der Waals surface area contributed by atoms with Gasteiger partial charge in [0.1, 0.15) is 0 Å². The number of anilines is 4. The monoisotopic (exact) mass is 377 g/mol. The highest BCUT2D eigenvalue weighted by Crippen LogP contribution is 2.26. The molecule has 7 heteroatoms. The molecule has 1 aromatic heterocycles. The third-order valence-corrected chi connectivity index (χ3v) is 4.06. The van der Waals surface area contributed by atoms with Gasteiger partial charge in [0.2, 0.25) is 5.95 Å². The van der Waals surface area contributed by atoms with E-state index in [0.29, 0.717) is 29.9 Å². The summed E-state index contributed by atoms with van der Waals surface area (Å²) in [6.45, 7) is 6.40. The number of rotatable bonds is 7. The molecule has 7 nitrogen and oxygen atoms in total. The van der Waals surface area contributed by atoms with Gasteiger partial charge in [-0.15, -0.1) is 5.10 Å². The predicted octanol–water partition coefficient (Wildman–Crippen LogP) is 4.66. The van der Waals surface area contributed by atoms with Gasteiger partial charge in [-0.05, 0) is 48.7 Å². The number of carbonyl (C=O) groups excluding carboxylic acids is 1. The second-order valence-corrected chi connectivity index (χ2v) is 6.45. The fourth-order valence-corrected chi connectivity index (χ4v) is 2.70. The molecule has 0 fully saturated rings. The van der Waals surface area contributed by atoms with Crippen molar-refractivity contribution < 1.29 is 9.53 Å². The number of nitrogens with one attached hydrogen (secondary N) is 2. The van der Waals surface area contributed by atoms with Crippen LogP contribution in [0.5, 0.6) is 0 Å². The first-order valence-electron chi connectivity index (χ1n) is 9.16. The van der Waals surface area contributed by atoms with Crippen molar-refractivity contribution in [3.8, 4) is 0 Å². The number of carbonyl (C=O) groups is 1. The van der Waals surface area contributed by atoms with Gasteiger partial charge in [0, 0.05) is 11.4 Å². The van der Waals surface area contributed by atoms with Crippen molar-refractivity contribution >= 4 is 29.1 Å². The van der Waals surface area contributed by atoms with Gasteiger partial charge >= 0.3 is 5.97 Å². The topological polar surface area (TPSA) is 89.0 Å². The van der Waals surface area contributed by atoms with Crippen LogP contribution in [0.4, 0.5) is 23.1 Å². The van der Waals surface area contributed by atoms with E-state index in [4.69, 9.17) is 4.74 Å². The quantitative estimate of drug-likeness (QED) is 0.579. The molecule has 3 aromatic rings. The first-order chi connectivity index (χ1) is 13.6. The standard InChI is InChI=1S/C21H23N5O2/c1-4-28-20(27)15-9-11-16(12-10-15)23-19-13-22-26-21(25-19)24-18-8-6-5-7-17(18)14(2)3/h5-14H,4H2,1-3H3,(H2,23,24,25,26). The molecule has 0 bridgehead atoms. The van der Waals surface area contributed by atoms with E-state index in [9.17, 15) is 4.79 Å². The molecule has 0 radical (unpaired) electrons. The highest BCUT2D eigenvalue weighted by atomic mass is 16.5. The molecule has 1 heterocycles. The van der Waals surface area contributed by atoms with Crippen molar-refractivity contribution in [1.82, 2.24) is 15.2 Å². The van der Waals surface area contributed by atoms with Gasteiger partial charge < -0.3 is 15.4 Å². The number of hydrogen-bond donors (Lipinski definition) is 2. The second-order valence-electron chi connectivity index (χ2n) is 6.45. The summed E-state index contributed by atoms with van der Waals surface area (Å²) in [7, 11) is 0. The molecule has 0 aliphatic rings. The average molecular weight is 377 g/mol. The van der Waals surface area contributed by atoms with Crippen LogP contribution in [-0.4, -0.2) is 27.8 Å². The molecular weight excluding hydrogens is 354 g/mol. The van der Waals surface area contributed by atoms with Gasteiger partial charge in [-0.1, -0.05) is 32.0 Å². The molecular formula is C21H23N5O2. The number of nitrogens with zero attached hydrogens (tertiary/aromatic N) is 3. The Kier molecular flexibility index (Phi) is 6.16. The van der Waals surface area contributed by atoms with Gasteiger partial charge in [-0.3, -0.25) is 0 Å². The minimum atomic E-state index is -0.340. The van der Waals surface area contributed by atoms with Crippen LogP contribution in [0.3, 0.4) is 0 Å². The minimum Gasteiger partial charge on any atom is -0.462 e. The van der Waals surface area contributed by atoms with Gasteiger partial charge in [0.15, 0.2) is 5.82 Å². The highest BCUT2D eigenvalue weighted by molar-refractivity contribution is 5.89. The maximum atomic E-state index is 11.7. The zero-order valence-electron chi connectivity index (χ0n) is 16.1. The Balaban J connectivity index is 1.73. The Morgan fingerprint density at radius 3 is 2.54 bits per heavy atom. The first-order valence-corrected chi connectivity index (χ1v) is 9.16. The Labute approximate surface area is 164 Å². The molecule has 0 saturated heterocycles. The molecule has 144 valence electrons. The average Bonchev–Trinajstić information content (AvgIpc) is 2.69. The van der Waals surface area contributed by atoms with Crippen LogP contribution < -0.4 is 10.6 Å². The van der Waals surface area contributed by atoms with Crippen LogP contribution in [0.15, 0.2) is 54.7 Å². The van der Waals surface area contributed by atoms with E-state index in [2.05, 4.69) is 45.7 Å². The highest BCUT2D eigenvalue weighted by Gasteiger charge is 2.09. The van der Waals surface area contributed by atoms with E-state index in [1.165, 1.54) is 5.56 Å². The second kappa shape index (κ2) is 8.94. The van der Waals surface area contributed by atoms with Crippen LogP contribution in [0.2, 0.25) is 0 Å². The van der Waals surface area contributed by atoms with E-state index in [1.807, 2.05) is 18.2 Å². The molecule has 0 aliphatic carbocycles. The SMILES string of the molecule is CCOC(=O)c1ccc(Nc2cnnc(Nc3ccccc3C(C)C)n2)cc1. The van der Waals surface area contributed by atoms with E-state index in [0.717, 1.165) is 11.4 Å². The summed E-state index contributed by atoms with van der Waals surface area (Å²) in [5.41, 5.74) is 3.41. The summed E-state index contributed by atoms with van der Waals surface area (Å²) in [6, 6.07) is 15.0. The van der Waals surface area contributed by atoms with Crippen LogP contribution in [-0.2, 0) is 4.74 Å². The molecule has 2 N–H and O–H groups in total. The maximum absolute atomic E-state index is 11.7. The summed E-state index contributed by atoms with van der Waals surface area (Å²) >= 11 is 0. The lowest BCUT2D eigenvalue weighted by Gasteiger charge is -2.13. The van der Waals surface area contributed by atoms with Gasteiger partial charge in [-0.25, -0.2) is 4.79 Å². The molecule has 2 aromatic carbocycles. The van der Waals surface area contributed by atoms with E-state index in [-0.39, 0.29) is 5.97 Å². The molecule has 0 amide bonds. The summed E-state index contributed by atoms with van der Waals surface area (Å²) in [4.78, 5) is 16.2. The van der Waals surface area contributed by atoms with E-state index >= 15 is 0 Å². The van der Waals surface area contributed by atoms with Crippen molar-refractivity contribution in [2.24, 2.45) is 0 Å². The number of ether oxygens (including phenoxy) is 1. The van der Waals surface area contributed by atoms with Crippen LogP contribution in [0.1, 0.15) is 42.6 Å². The number of esters is 1. The molecule has 0 unspecified atom stereocenters. The summed E-state index contributed by atoms with van der Waals surface area (Å²) in [6.07, 6.45) is 1.54. The largest absolute Gasteiger partial charge is 0.462 e. The summed E-state index contributed by atoms with van der Waals surface area (Å²) < 4.78 is 4.99. The Hall–Kier alpha value is -3.48. The third kappa shape index (κ3) is 4.82. The van der Waals surface area contributed by atoms with E-state index < -0.39 is 0 Å². The molecule has 0 saturated carbocycles. The minimum absolute atomic E-state index is 0.340. The number of benzene rings is 2.